The van der Waals surface area contributed by atoms with Crippen LogP contribution in [0.1, 0.15) is 24.2 Å². The summed E-state index contributed by atoms with van der Waals surface area (Å²) in [6.07, 6.45) is 1.55. The summed E-state index contributed by atoms with van der Waals surface area (Å²) >= 11 is 0. The molecule has 0 aliphatic carbocycles. The lowest BCUT2D eigenvalue weighted by Crippen LogP contribution is -2.19. The molecule has 6 heteroatoms. The molecule has 0 spiro atoms. The van der Waals surface area contributed by atoms with Crippen LogP contribution >= 0.6 is 0 Å². The predicted octanol–water partition coefficient (Wildman–Crippen LogP) is 1.97. The van der Waals surface area contributed by atoms with Crippen molar-refractivity contribution in [3.8, 4) is 0 Å². The highest BCUT2D eigenvalue weighted by Gasteiger charge is 2.18. The first-order valence-corrected chi connectivity index (χ1v) is 5.09. The second-order valence-electron chi connectivity index (χ2n) is 3.74. The summed E-state index contributed by atoms with van der Waals surface area (Å²) in [7, 11) is 0. The Kier molecular flexibility index (Phi) is 4.33. The molecule has 1 aromatic rings. The molecule has 0 bridgehead atoms. The standard InChI is InChI=1S/C11H13N3O3/c1-8(2)7-12-13-11(15)9-5-3-4-6-10(9)14(16)17/h3-8H,1-2H3,(H,13,15)/b12-7-. The van der Waals surface area contributed by atoms with Gasteiger partial charge in [-0.1, -0.05) is 26.0 Å². The minimum atomic E-state index is -0.596. The van der Waals surface area contributed by atoms with Gasteiger partial charge in [-0.3, -0.25) is 14.9 Å². The minimum absolute atomic E-state index is 0.00148. The van der Waals surface area contributed by atoms with Gasteiger partial charge in [0.05, 0.1) is 4.92 Å². The van der Waals surface area contributed by atoms with E-state index in [-0.39, 0.29) is 17.2 Å². The summed E-state index contributed by atoms with van der Waals surface area (Å²) in [5, 5.41) is 14.4. The van der Waals surface area contributed by atoms with E-state index in [0.29, 0.717) is 0 Å². The maximum atomic E-state index is 11.6. The number of nitro benzene ring substituents is 1. The third-order valence-corrected chi connectivity index (χ3v) is 1.88. The van der Waals surface area contributed by atoms with Crippen LogP contribution in [0.2, 0.25) is 0 Å². The molecule has 0 aliphatic rings. The van der Waals surface area contributed by atoms with Gasteiger partial charge in [0.1, 0.15) is 5.56 Å². The van der Waals surface area contributed by atoms with E-state index in [2.05, 4.69) is 10.5 Å². The highest BCUT2D eigenvalue weighted by atomic mass is 16.6. The molecule has 1 rings (SSSR count). The first-order chi connectivity index (χ1) is 8.02. The Bertz CT molecular complexity index is 455. The van der Waals surface area contributed by atoms with Crippen molar-refractivity contribution in [2.24, 2.45) is 11.0 Å². The number of hydrazone groups is 1. The van der Waals surface area contributed by atoms with Crippen LogP contribution in [0.5, 0.6) is 0 Å². The molecule has 1 aromatic carbocycles. The van der Waals surface area contributed by atoms with Crippen molar-refractivity contribution >= 4 is 17.8 Å². The lowest BCUT2D eigenvalue weighted by atomic mass is 10.2. The highest BCUT2D eigenvalue weighted by molar-refractivity contribution is 5.98. The molecule has 1 amide bonds. The highest BCUT2D eigenvalue weighted by Crippen LogP contribution is 2.17. The van der Waals surface area contributed by atoms with Crippen LogP contribution in [0.3, 0.4) is 0 Å². The third-order valence-electron chi connectivity index (χ3n) is 1.88. The number of carbonyl (C=O) groups excluding carboxylic acids is 1. The van der Waals surface area contributed by atoms with Crippen molar-refractivity contribution in [3.63, 3.8) is 0 Å². The number of amides is 1. The van der Waals surface area contributed by atoms with E-state index in [4.69, 9.17) is 0 Å². The van der Waals surface area contributed by atoms with Crippen molar-refractivity contribution in [2.75, 3.05) is 0 Å². The average Bonchev–Trinajstić information content (AvgIpc) is 2.28. The summed E-state index contributed by atoms with van der Waals surface area (Å²) < 4.78 is 0. The molecule has 0 atom stereocenters. The van der Waals surface area contributed by atoms with E-state index in [1.807, 2.05) is 13.8 Å². The van der Waals surface area contributed by atoms with Gasteiger partial charge in [-0.15, -0.1) is 0 Å². The van der Waals surface area contributed by atoms with Crippen LogP contribution in [0.15, 0.2) is 29.4 Å². The van der Waals surface area contributed by atoms with Gasteiger partial charge in [-0.25, -0.2) is 5.43 Å². The van der Waals surface area contributed by atoms with E-state index in [1.165, 1.54) is 18.2 Å². The zero-order valence-electron chi connectivity index (χ0n) is 9.58. The van der Waals surface area contributed by atoms with Gasteiger partial charge >= 0.3 is 0 Å². The maximum absolute atomic E-state index is 11.6. The van der Waals surface area contributed by atoms with Gasteiger partial charge < -0.3 is 0 Å². The second kappa shape index (κ2) is 5.74. The van der Waals surface area contributed by atoms with Gasteiger partial charge in [-0.05, 0) is 12.0 Å². The maximum Gasteiger partial charge on any atom is 0.282 e. The predicted molar refractivity (Wildman–Crippen MR) is 63.9 cm³/mol. The summed E-state index contributed by atoms with van der Waals surface area (Å²) in [6.45, 7) is 3.81. The molecule has 0 saturated carbocycles. The number of nitrogens with zero attached hydrogens (tertiary/aromatic N) is 2. The molecule has 0 radical (unpaired) electrons. The van der Waals surface area contributed by atoms with Gasteiger partial charge in [-0.2, -0.15) is 5.10 Å². The lowest BCUT2D eigenvalue weighted by molar-refractivity contribution is -0.385. The molecule has 90 valence electrons. The lowest BCUT2D eigenvalue weighted by Gasteiger charge is -2.01. The minimum Gasteiger partial charge on any atom is -0.267 e. The van der Waals surface area contributed by atoms with Crippen molar-refractivity contribution in [3.05, 3.63) is 39.9 Å². The van der Waals surface area contributed by atoms with Crippen LogP contribution in [-0.4, -0.2) is 17.0 Å². The van der Waals surface area contributed by atoms with Gasteiger partial charge in [0.15, 0.2) is 0 Å². The van der Waals surface area contributed by atoms with Crippen molar-refractivity contribution in [1.29, 1.82) is 0 Å². The number of carbonyl (C=O) groups is 1. The first-order valence-electron chi connectivity index (χ1n) is 5.09. The summed E-state index contributed by atoms with van der Waals surface area (Å²) in [5.41, 5.74) is 2.02. The Morgan fingerprint density at radius 1 is 1.47 bits per heavy atom. The summed E-state index contributed by atoms with van der Waals surface area (Å²) in [4.78, 5) is 21.7. The molecule has 0 fully saturated rings. The van der Waals surface area contributed by atoms with Crippen LogP contribution in [0, 0.1) is 16.0 Å². The van der Waals surface area contributed by atoms with Crippen molar-refractivity contribution in [2.45, 2.75) is 13.8 Å². The van der Waals surface area contributed by atoms with E-state index in [9.17, 15) is 14.9 Å². The van der Waals surface area contributed by atoms with Gasteiger partial charge in [0.25, 0.3) is 11.6 Å². The molecule has 0 saturated heterocycles. The van der Waals surface area contributed by atoms with Crippen LogP contribution < -0.4 is 5.43 Å². The Morgan fingerprint density at radius 2 is 2.12 bits per heavy atom. The number of para-hydroxylation sites is 1. The SMILES string of the molecule is CC(C)/C=N\NC(=O)c1ccccc1[N+](=O)[O-]. The first kappa shape index (κ1) is 12.8. The zero-order valence-corrected chi connectivity index (χ0v) is 9.58. The summed E-state index contributed by atoms with van der Waals surface area (Å²) in [6, 6.07) is 5.74. The Balaban J connectivity index is 2.86. The Hall–Kier alpha value is -2.24. The number of hydrogen-bond donors (Lipinski definition) is 1. The number of nitro groups is 1. The average molecular weight is 235 g/mol. The van der Waals surface area contributed by atoms with Crippen LogP contribution in [0.25, 0.3) is 0 Å². The van der Waals surface area contributed by atoms with Crippen LogP contribution in [0.4, 0.5) is 5.69 Å². The van der Waals surface area contributed by atoms with E-state index in [1.54, 1.807) is 12.3 Å². The molecular weight excluding hydrogens is 222 g/mol. The molecule has 0 aromatic heterocycles. The molecule has 0 unspecified atom stereocenters. The number of hydrogen-bond acceptors (Lipinski definition) is 4. The molecule has 6 nitrogen and oxygen atoms in total. The number of rotatable bonds is 4. The van der Waals surface area contributed by atoms with Gasteiger partial charge in [0, 0.05) is 12.3 Å². The fourth-order valence-corrected chi connectivity index (χ4v) is 1.13. The fraction of sp³-hybridized carbons (Fsp3) is 0.273. The topological polar surface area (TPSA) is 84.6 Å². The molecule has 0 heterocycles. The second-order valence-corrected chi connectivity index (χ2v) is 3.74. The van der Waals surface area contributed by atoms with E-state index in [0.717, 1.165) is 0 Å². The van der Waals surface area contributed by atoms with Crippen LogP contribution in [-0.2, 0) is 0 Å². The van der Waals surface area contributed by atoms with Crippen molar-refractivity contribution in [1.82, 2.24) is 5.43 Å². The van der Waals surface area contributed by atoms with E-state index < -0.39 is 10.8 Å². The summed E-state index contributed by atoms with van der Waals surface area (Å²) in [5.74, 6) is -0.393. The van der Waals surface area contributed by atoms with Crippen molar-refractivity contribution < 1.29 is 9.72 Å². The molecular formula is C11H13N3O3. The molecule has 1 N–H and O–H groups in total. The Morgan fingerprint density at radius 3 is 2.71 bits per heavy atom. The quantitative estimate of drug-likeness (QED) is 0.491. The largest absolute Gasteiger partial charge is 0.282 e. The monoisotopic (exact) mass is 235 g/mol. The number of benzene rings is 1. The third kappa shape index (κ3) is 3.67. The van der Waals surface area contributed by atoms with E-state index >= 15 is 0 Å². The fourth-order valence-electron chi connectivity index (χ4n) is 1.13. The zero-order chi connectivity index (χ0) is 12.8. The van der Waals surface area contributed by atoms with Gasteiger partial charge in [0.2, 0.25) is 0 Å². The molecule has 17 heavy (non-hydrogen) atoms. The molecule has 0 aliphatic heterocycles. The Labute approximate surface area is 98.5 Å². The smallest absolute Gasteiger partial charge is 0.267 e. The normalized spacial score (nSPS) is 10.8. The number of nitrogens with one attached hydrogen (secondary N) is 1.